The Morgan fingerprint density at radius 2 is 2.03 bits per heavy atom. The van der Waals surface area contributed by atoms with Crippen LogP contribution in [0.2, 0.25) is 0 Å². The molecule has 0 fully saturated rings. The molecule has 2 aliphatic heterocycles. The second-order valence-corrected chi connectivity index (χ2v) is 10.3. The average Bonchev–Trinajstić information content (AvgIpc) is 3.52. The number of benzene rings is 2. The normalized spacial score (nSPS) is 15.3. The van der Waals surface area contributed by atoms with Crippen LogP contribution in [0.5, 0.6) is 11.5 Å². The molecular weight excluding hydrogens is 454 g/mol. The first-order chi connectivity index (χ1) is 16.1. The van der Waals surface area contributed by atoms with E-state index in [-0.39, 0.29) is 12.7 Å². The van der Waals surface area contributed by atoms with Crippen molar-refractivity contribution in [3.63, 3.8) is 0 Å². The quantitative estimate of drug-likeness (QED) is 0.401. The molecule has 2 aromatic heterocycles. The number of ether oxygens (including phenoxy) is 2. The van der Waals surface area contributed by atoms with Crippen molar-refractivity contribution >= 4 is 49.9 Å². The van der Waals surface area contributed by atoms with E-state index in [1.54, 1.807) is 34.8 Å². The molecular formula is C25H21N3O3S2. The number of hydrogen-bond acceptors (Lipinski definition) is 7. The van der Waals surface area contributed by atoms with E-state index in [0.29, 0.717) is 5.75 Å². The van der Waals surface area contributed by atoms with E-state index in [1.807, 2.05) is 36.4 Å². The van der Waals surface area contributed by atoms with Crippen LogP contribution in [-0.2, 0) is 17.8 Å². The largest absolute Gasteiger partial charge is 0.454 e. The Kier molecular flexibility index (Phi) is 5.13. The number of carbonyl (C=O) groups excluding carboxylic acids is 1. The van der Waals surface area contributed by atoms with Gasteiger partial charge < -0.3 is 19.7 Å². The van der Waals surface area contributed by atoms with E-state index in [0.717, 1.165) is 56.6 Å². The SMILES string of the molecule is CN1CCc2c(sc(NC(=O)/C=C/c3ccc4c(c3)OCO4)c2-c2nc3ccccc3s2)C1. The highest BCUT2D eigenvalue weighted by Gasteiger charge is 2.26. The van der Waals surface area contributed by atoms with E-state index >= 15 is 0 Å². The van der Waals surface area contributed by atoms with Gasteiger partial charge in [0.2, 0.25) is 12.7 Å². The number of thiophene rings is 1. The number of para-hydroxylation sites is 1. The van der Waals surface area contributed by atoms with Crippen molar-refractivity contribution in [1.29, 1.82) is 0 Å². The summed E-state index contributed by atoms with van der Waals surface area (Å²) in [6.45, 7) is 2.12. The maximum absolute atomic E-state index is 12.9. The Morgan fingerprint density at radius 3 is 2.94 bits per heavy atom. The molecule has 4 heterocycles. The molecule has 0 atom stereocenters. The van der Waals surface area contributed by atoms with Gasteiger partial charge in [-0.2, -0.15) is 0 Å². The molecule has 0 saturated heterocycles. The Hall–Kier alpha value is -3.20. The van der Waals surface area contributed by atoms with E-state index in [4.69, 9.17) is 14.5 Å². The van der Waals surface area contributed by atoms with Gasteiger partial charge in [0.05, 0.1) is 10.2 Å². The number of fused-ring (bicyclic) bond motifs is 3. The number of thiazole rings is 1. The monoisotopic (exact) mass is 475 g/mol. The van der Waals surface area contributed by atoms with Gasteiger partial charge in [0.25, 0.3) is 0 Å². The second-order valence-electron chi connectivity index (χ2n) is 8.12. The van der Waals surface area contributed by atoms with Gasteiger partial charge in [0, 0.05) is 29.6 Å². The lowest BCUT2D eigenvalue weighted by Crippen LogP contribution is -2.25. The third kappa shape index (κ3) is 3.90. The number of aromatic nitrogens is 1. The van der Waals surface area contributed by atoms with Crippen molar-refractivity contribution in [1.82, 2.24) is 9.88 Å². The number of amides is 1. The summed E-state index contributed by atoms with van der Waals surface area (Å²) in [6.07, 6.45) is 4.30. The lowest BCUT2D eigenvalue weighted by atomic mass is 10.0. The van der Waals surface area contributed by atoms with Crippen LogP contribution in [0.1, 0.15) is 16.0 Å². The first-order valence-electron chi connectivity index (χ1n) is 10.7. The number of nitrogens with zero attached hydrogens (tertiary/aromatic N) is 2. The van der Waals surface area contributed by atoms with Crippen LogP contribution < -0.4 is 14.8 Å². The number of carbonyl (C=O) groups is 1. The molecule has 0 saturated carbocycles. The molecule has 1 amide bonds. The average molecular weight is 476 g/mol. The van der Waals surface area contributed by atoms with Crippen molar-refractivity contribution < 1.29 is 14.3 Å². The van der Waals surface area contributed by atoms with Gasteiger partial charge in [-0.3, -0.25) is 4.79 Å². The fourth-order valence-electron chi connectivity index (χ4n) is 4.17. The Balaban J connectivity index is 1.31. The third-order valence-electron chi connectivity index (χ3n) is 5.82. The standard InChI is InChI=1S/C25H21N3O3S2/c1-28-11-10-16-21(13-28)33-25(23(16)24-26-17-4-2-3-5-20(17)32-24)27-22(29)9-7-15-6-8-18-19(12-15)31-14-30-18/h2-9,12H,10-11,13-14H2,1H3,(H,27,29)/b9-7+. The minimum absolute atomic E-state index is 0.165. The lowest BCUT2D eigenvalue weighted by molar-refractivity contribution is -0.111. The molecule has 8 heteroatoms. The van der Waals surface area contributed by atoms with Crippen LogP contribution in [0.4, 0.5) is 5.00 Å². The van der Waals surface area contributed by atoms with Crippen LogP contribution in [0, 0.1) is 0 Å². The van der Waals surface area contributed by atoms with Crippen molar-refractivity contribution in [2.45, 2.75) is 13.0 Å². The van der Waals surface area contributed by atoms with E-state index in [9.17, 15) is 4.79 Å². The molecule has 0 bridgehead atoms. The number of nitrogens with one attached hydrogen (secondary N) is 1. The molecule has 0 aliphatic carbocycles. The molecule has 6 nitrogen and oxygen atoms in total. The summed E-state index contributed by atoms with van der Waals surface area (Å²) in [5.74, 6) is 1.26. The summed E-state index contributed by atoms with van der Waals surface area (Å²) in [4.78, 5) is 21.4. The van der Waals surface area contributed by atoms with Gasteiger partial charge in [-0.25, -0.2) is 4.98 Å². The van der Waals surface area contributed by atoms with Crippen LogP contribution in [-0.4, -0.2) is 36.2 Å². The summed E-state index contributed by atoms with van der Waals surface area (Å²) in [5.41, 5.74) is 4.26. The van der Waals surface area contributed by atoms with Crippen molar-refractivity contribution in [3.8, 4) is 22.1 Å². The molecule has 2 aliphatic rings. The molecule has 33 heavy (non-hydrogen) atoms. The summed E-state index contributed by atoms with van der Waals surface area (Å²) in [5, 5.41) is 4.97. The fraction of sp³-hybridized carbons (Fsp3) is 0.200. The maximum Gasteiger partial charge on any atom is 0.249 e. The number of hydrogen-bond donors (Lipinski definition) is 1. The van der Waals surface area contributed by atoms with Crippen LogP contribution in [0.25, 0.3) is 26.9 Å². The summed E-state index contributed by atoms with van der Waals surface area (Å²) >= 11 is 3.34. The lowest BCUT2D eigenvalue weighted by Gasteiger charge is -2.22. The minimum atomic E-state index is -0.165. The topological polar surface area (TPSA) is 63.7 Å². The van der Waals surface area contributed by atoms with Gasteiger partial charge in [0.15, 0.2) is 11.5 Å². The third-order valence-corrected chi connectivity index (χ3v) is 8.00. The van der Waals surface area contributed by atoms with E-state index in [1.165, 1.54) is 10.4 Å². The number of rotatable bonds is 4. The van der Waals surface area contributed by atoms with Crippen LogP contribution in [0.3, 0.4) is 0 Å². The molecule has 2 aromatic carbocycles. The zero-order chi connectivity index (χ0) is 22.4. The maximum atomic E-state index is 12.9. The van der Waals surface area contributed by atoms with Crippen molar-refractivity contribution in [2.24, 2.45) is 0 Å². The second kappa shape index (κ2) is 8.30. The first-order valence-corrected chi connectivity index (χ1v) is 12.3. The predicted molar refractivity (Wildman–Crippen MR) is 133 cm³/mol. The Labute approximate surface area is 199 Å². The molecule has 166 valence electrons. The highest BCUT2D eigenvalue weighted by atomic mass is 32.1. The molecule has 0 unspecified atom stereocenters. The Morgan fingerprint density at radius 1 is 1.15 bits per heavy atom. The highest BCUT2D eigenvalue weighted by Crippen LogP contribution is 2.45. The van der Waals surface area contributed by atoms with Crippen LogP contribution in [0.15, 0.2) is 48.5 Å². The summed E-state index contributed by atoms with van der Waals surface area (Å²) < 4.78 is 11.9. The fourth-order valence-corrected chi connectivity index (χ4v) is 6.61. The first kappa shape index (κ1) is 20.4. The summed E-state index contributed by atoms with van der Waals surface area (Å²) in [6, 6.07) is 13.8. The smallest absolute Gasteiger partial charge is 0.249 e. The van der Waals surface area contributed by atoms with Gasteiger partial charge in [-0.1, -0.05) is 18.2 Å². The zero-order valence-corrected chi connectivity index (χ0v) is 19.6. The molecule has 0 radical (unpaired) electrons. The minimum Gasteiger partial charge on any atom is -0.454 e. The van der Waals surface area contributed by atoms with Gasteiger partial charge >= 0.3 is 0 Å². The van der Waals surface area contributed by atoms with E-state index in [2.05, 4.69) is 23.3 Å². The molecule has 1 N–H and O–H groups in total. The van der Waals surface area contributed by atoms with Gasteiger partial charge in [-0.15, -0.1) is 22.7 Å². The van der Waals surface area contributed by atoms with Crippen molar-refractivity contribution in [2.75, 3.05) is 25.7 Å². The molecule has 4 aromatic rings. The molecule has 0 spiro atoms. The van der Waals surface area contributed by atoms with E-state index < -0.39 is 0 Å². The number of anilines is 1. The predicted octanol–water partition coefficient (Wildman–Crippen LogP) is 5.39. The van der Waals surface area contributed by atoms with Gasteiger partial charge in [-0.05, 0) is 54.9 Å². The zero-order valence-electron chi connectivity index (χ0n) is 18.0. The summed E-state index contributed by atoms with van der Waals surface area (Å²) in [7, 11) is 2.13. The van der Waals surface area contributed by atoms with Gasteiger partial charge in [0.1, 0.15) is 10.0 Å². The molecule has 6 rings (SSSR count). The van der Waals surface area contributed by atoms with Crippen molar-refractivity contribution in [3.05, 3.63) is 64.5 Å². The number of likely N-dealkylation sites (N-methyl/N-ethyl adjacent to an activating group) is 1. The van der Waals surface area contributed by atoms with Crippen LogP contribution >= 0.6 is 22.7 Å². The highest BCUT2D eigenvalue weighted by molar-refractivity contribution is 7.22. The Bertz CT molecular complexity index is 1370.